The van der Waals surface area contributed by atoms with Gasteiger partial charge in [-0.1, -0.05) is 19.1 Å². The van der Waals surface area contributed by atoms with Gasteiger partial charge in [0.15, 0.2) is 17.5 Å². The second-order valence-corrected chi connectivity index (χ2v) is 7.29. The second kappa shape index (κ2) is 13.5. The number of hydrogen-bond acceptors (Lipinski definition) is 5. The first-order valence-electron chi connectivity index (χ1n) is 9.47. The molecule has 1 aromatic carbocycles. The highest BCUT2D eigenvalue weighted by Gasteiger charge is 2.15. The Morgan fingerprint density at radius 3 is 2.41 bits per heavy atom. The molecular weight excluding hydrogens is 501 g/mol. The summed E-state index contributed by atoms with van der Waals surface area (Å²) in [5, 5.41) is 8.81. The fourth-order valence-electron chi connectivity index (χ4n) is 2.91. The zero-order chi connectivity index (χ0) is 20.4. The van der Waals surface area contributed by atoms with Crippen molar-refractivity contribution in [2.24, 2.45) is 4.99 Å². The summed E-state index contributed by atoms with van der Waals surface area (Å²) in [6, 6.07) is 8.15. The molecule has 0 saturated heterocycles. The molecule has 1 heterocycles. The predicted octanol–water partition coefficient (Wildman–Crippen LogP) is 4.29. The van der Waals surface area contributed by atoms with Crippen molar-refractivity contribution in [1.29, 1.82) is 0 Å². The molecular formula is C21H32IN3O3S. The first kappa shape index (κ1) is 25.4. The molecule has 0 aliphatic rings. The van der Waals surface area contributed by atoms with E-state index in [0.29, 0.717) is 23.2 Å². The smallest absolute Gasteiger partial charge is 0.203 e. The van der Waals surface area contributed by atoms with Crippen LogP contribution in [0.5, 0.6) is 17.2 Å². The molecule has 2 rings (SSSR count). The van der Waals surface area contributed by atoms with Crippen LogP contribution in [0, 0.1) is 0 Å². The molecule has 1 unspecified atom stereocenters. The van der Waals surface area contributed by atoms with E-state index in [1.165, 1.54) is 4.88 Å². The van der Waals surface area contributed by atoms with E-state index in [2.05, 4.69) is 42.0 Å². The van der Waals surface area contributed by atoms with Gasteiger partial charge in [0.1, 0.15) is 0 Å². The zero-order valence-electron chi connectivity index (χ0n) is 17.8. The maximum atomic E-state index is 5.56. The standard InChI is InChI=1S/C21H31N3O3S.HI/c1-6-22-21(24-14-15(2)18-8-7-13-28-18)23-12-11-16-9-10-17(25-3)20(27-5)19(16)26-4;/h7-10,13,15H,6,11-12,14H2,1-5H3,(H2,22,23,24);1H. The van der Waals surface area contributed by atoms with Gasteiger partial charge in [-0.15, -0.1) is 35.3 Å². The number of thiophene rings is 1. The summed E-state index contributed by atoms with van der Waals surface area (Å²) in [4.78, 5) is 6.09. The van der Waals surface area contributed by atoms with Gasteiger partial charge in [0.2, 0.25) is 5.75 Å². The summed E-state index contributed by atoms with van der Waals surface area (Å²) < 4.78 is 16.4. The van der Waals surface area contributed by atoms with Gasteiger partial charge in [-0.05, 0) is 30.9 Å². The van der Waals surface area contributed by atoms with Crippen molar-refractivity contribution in [3.63, 3.8) is 0 Å². The number of rotatable bonds is 10. The summed E-state index contributed by atoms with van der Waals surface area (Å²) in [5.41, 5.74) is 1.05. The monoisotopic (exact) mass is 533 g/mol. The average Bonchev–Trinajstić information content (AvgIpc) is 3.26. The minimum Gasteiger partial charge on any atom is -0.493 e. The highest BCUT2D eigenvalue weighted by atomic mass is 127. The van der Waals surface area contributed by atoms with Crippen molar-refractivity contribution in [1.82, 2.24) is 10.6 Å². The number of ether oxygens (including phenoxy) is 3. The molecule has 6 nitrogen and oxygen atoms in total. The molecule has 0 radical (unpaired) electrons. The molecule has 0 amide bonds. The van der Waals surface area contributed by atoms with Gasteiger partial charge in [0.25, 0.3) is 0 Å². The molecule has 0 aliphatic carbocycles. The van der Waals surface area contributed by atoms with Crippen molar-refractivity contribution >= 4 is 41.3 Å². The van der Waals surface area contributed by atoms with Gasteiger partial charge in [0, 0.05) is 29.4 Å². The summed E-state index contributed by atoms with van der Waals surface area (Å²) in [6.45, 7) is 6.56. The molecule has 8 heteroatoms. The van der Waals surface area contributed by atoms with E-state index in [4.69, 9.17) is 19.2 Å². The number of nitrogens with one attached hydrogen (secondary N) is 2. The van der Waals surface area contributed by atoms with Gasteiger partial charge >= 0.3 is 0 Å². The van der Waals surface area contributed by atoms with Crippen molar-refractivity contribution in [2.45, 2.75) is 26.2 Å². The Morgan fingerprint density at radius 2 is 1.83 bits per heavy atom. The number of hydrogen-bond donors (Lipinski definition) is 2. The molecule has 0 fully saturated rings. The molecule has 1 aromatic heterocycles. The Bertz CT molecular complexity index is 754. The third-order valence-electron chi connectivity index (χ3n) is 4.37. The normalized spacial score (nSPS) is 12.0. The van der Waals surface area contributed by atoms with E-state index >= 15 is 0 Å². The van der Waals surface area contributed by atoms with Gasteiger partial charge in [-0.25, -0.2) is 0 Å². The van der Waals surface area contributed by atoms with E-state index in [-0.39, 0.29) is 24.0 Å². The Morgan fingerprint density at radius 1 is 1.07 bits per heavy atom. The molecule has 0 spiro atoms. The van der Waals surface area contributed by atoms with Crippen LogP contribution in [-0.2, 0) is 6.42 Å². The molecule has 1 atom stereocenters. The summed E-state index contributed by atoms with van der Waals surface area (Å²) >= 11 is 1.78. The van der Waals surface area contributed by atoms with E-state index in [1.807, 2.05) is 12.1 Å². The maximum Gasteiger partial charge on any atom is 0.203 e. The zero-order valence-corrected chi connectivity index (χ0v) is 20.9. The van der Waals surface area contributed by atoms with Crippen molar-refractivity contribution in [3.8, 4) is 17.2 Å². The molecule has 0 aliphatic heterocycles. The Hall–Kier alpha value is -1.68. The summed E-state index contributed by atoms with van der Waals surface area (Å²) in [7, 11) is 4.88. The van der Waals surface area contributed by atoms with Gasteiger partial charge < -0.3 is 24.8 Å². The topological polar surface area (TPSA) is 64.1 Å². The lowest BCUT2D eigenvalue weighted by Crippen LogP contribution is -2.38. The highest BCUT2D eigenvalue weighted by molar-refractivity contribution is 14.0. The van der Waals surface area contributed by atoms with Crippen molar-refractivity contribution in [2.75, 3.05) is 41.0 Å². The fourth-order valence-corrected chi connectivity index (χ4v) is 3.69. The first-order valence-corrected chi connectivity index (χ1v) is 10.4. The van der Waals surface area contributed by atoms with Crippen LogP contribution in [-0.4, -0.2) is 46.9 Å². The third kappa shape index (κ3) is 7.26. The number of halogens is 1. The van der Waals surface area contributed by atoms with Crippen LogP contribution in [0.15, 0.2) is 34.6 Å². The summed E-state index contributed by atoms with van der Waals surface area (Å²) in [6.07, 6.45) is 0.772. The first-order chi connectivity index (χ1) is 13.6. The summed E-state index contributed by atoms with van der Waals surface area (Å²) in [5.74, 6) is 3.21. The lowest BCUT2D eigenvalue weighted by Gasteiger charge is -2.17. The predicted molar refractivity (Wildman–Crippen MR) is 132 cm³/mol. The van der Waals surface area contributed by atoms with E-state index in [9.17, 15) is 0 Å². The van der Waals surface area contributed by atoms with E-state index in [1.54, 1.807) is 32.7 Å². The SMILES string of the molecule is CCNC(=NCC(C)c1cccs1)NCCc1ccc(OC)c(OC)c1OC.I. The fraction of sp³-hybridized carbons (Fsp3) is 0.476. The van der Waals surface area contributed by atoms with Crippen LogP contribution in [0.2, 0.25) is 0 Å². The quantitative estimate of drug-likeness (QED) is 0.271. The molecule has 0 bridgehead atoms. The van der Waals surface area contributed by atoms with Crippen LogP contribution in [0.1, 0.15) is 30.2 Å². The van der Waals surface area contributed by atoms with Crippen LogP contribution in [0.25, 0.3) is 0 Å². The molecule has 29 heavy (non-hydrogen) atoms. The Balaban J connectivity index is 0.00000420. The van der Waals surface area contributed by atoms with Crippen LogP contribution in [0.3, 0.4) is 0 Å². The van der Waals surface area contributed by atoms with Crippen LogP contribution in [0.4, 0.5) is 0 Å². The largest absolute Gasteiger partial charge is 0.493 e. The van der Waals surface area contributed by atoms with Gasteiger partial charge in [0.05, 0.1) is 27.9 Å². The number of methoxy groups -OCH3 is 3. The van der Waals surface area contributed by atoms with Crippen molar-refractivity contribution in [3.05, 3.63) is 40.1 Å². The van der Waals surface area contributed by atoms with E-state index in [0.717, 1.165) is 37.6 Å². The Kier molecular flexibility index (Phi) is 11.8. The minimum absolute atomic E-state index is 0. The number of aliphatic imine (C=N–C) groups is 1. The number of nitrogens with zero attached hydrogens (tertiary/aromatic N) is 1. The lowest BCUT2D eigenvalue weighted by atomic mass is 10.1. The number of benzene rings is 1. The van der Waals surface area contributed by atoms with Gasteiger partial charge in [-0.2, -0.15) is 0 Å². The highest BCUT2D eigenvalue weighted by Crippen LogP contribution is 2.39. The second-order valence-electron chi connectivity index (χ2n) is 6.31. The van der Waals surface area contributed by atoms with Crippen LogP contribution >= 0.6 is 35.3 Å². The lowest BCUT2D eigenvalue weighted by molar-refractivity contribution is 0.322. The molecule has 162 valence electrons. The van der Waals surface area contributed by atoms with Gasteiger partial charge in [-0.3, -0.25) is 4.99 Å². The minimum atomic E-state index is 0. The van der Waals surface area contributed by atoms with Crippen molar-refractivity contribution < 1.29 is 14.2 Å². The Labute approximate surface area is 195 Å². The number of guanidine groups is 1. The van der Waals surface area contributed by atoms with E-state index < -0.39 is 0 Å². The third-order valence-corrected chi connectivity index (χ3v) is 5.47. The van der Waals surface area contributed by atoms with Crippen LogP contribution < -0.4 is 24.8 Å². The molecule has 2 aromatic rings. The maximum absolute atomic E-state index is 5.56. The molecule has 0 saturated carbocycles. The average molecular weight is 533 g/mol. The molecule has 2 N–H and O–H groups in total.